The predicted molar refractivity (Wildman–Crippen MR) is 113 cm³/mol. The average molecular weight is 439 g/mol. The summed E-state index contributed by atoms with van der Waals surface area (Å²) in [4.78, 5) is 15.2. The van der Waals surface area contributed by atoms with Gasteiger partial charge in [-0.2, -0.15) is 0 Å². The molecule has 0 spiro atoms. The van der Waals surface area contributed by atoms with E-state index in [0.29, 0.717) is 17.1 Å². The Morgan fingerprint density at radius 2 is 1.71 bits per heavy atom. The van der Waals surface area contributed by atoms with Crippen LogP contribution in [0, 0.1) is 0 Å². The van der Waals surface area contributed by atoms with Crippen molar-refractivity contribution in [3.05, 3.63) is 82.3 Å². The lowest BCUT2D eigenvalue weighted by Gasteiger charge is -2.38. The van der Waals surface area contributed by atoms with Gasteiger partial charge in [-0.3, -0.25) is 9.69 Å². The molecule has 1 unspecified atom stereocenters. The first-order valence-electron chi connectivity index (χ1n) is 8.79. The van der Waals surface area contributed by atoms with Crippen molar-refractivity contribution in [1.82, 2.24) is 0 Å². The Labute approximate surface area is 172 Å². The highest BCUT2D eigenvalue weighted by Crippen LogP contribution is 2.39. The van der Waals surface area contributed by atoms with Gasteiger partial charge in [0, 0.05) is 15.8 Å². The van der Waals surface area contributed by atoms with Crippen molar-refractivity contribution in [3.8, 4) is 11.5 Å². The highest BCUT2D eigenvalue weighted by molar-refractivity contribution is 9.10. The van der Waals surface area contributed by atoms with Gasteiger partial charge in [0.05, 0.1) is 19.8 Å². The highest BCUT2D eigenvalue weighted by atomic mass is 79.9. The zero-order valence-electron chi connectivity index (χ0n) is 15.5. The van der Waals surface area contributed by atoms with Gasteiger partial charge < -0.3 is 14.8 Å². The molecule has 1 heterocycles. The summed E-state index contributed by atoms with van der Waals surface area (Å²) in [6, 6.07) is 20.9. The molecule has 3 aromatic rings. The Hall–Kier alpha value is -2.99. The van der Waals surface area contributed by atoms with Gasteiger partial charge in [0.15, 0.2) is 11.5 Å². The summed E-state index contributed by atoms with van der Waals surface area (Å²) in [5.41, 5.74) is 3.12. The Kier molecular flexibility index (Phi) is 4.96. The lowest BCUT2D eigenvalue weighted by atomic mass is 10.0. The van der Waals surface area contributed by atoms with Crippen LogP contribution in [0.15, 0.2) is 71.2 Å². The van der Waals surface area contributed by atoms with Crippen LogP contribution in [-0.2, 0) is 0 Å². The van der Waals surface area contributed by atoms with E-state index in [4.69, 9.17) is 9.47 Å². The number of hydrogen-bond acceptors (Lipinski definition) is 4. The monoisotopic (exact) mass is 438 g/mol. The zero-order valence-corrected chi connectivity index (χ0v) is 17.1. The van der Waals surface area contributed by atoms with Crippen molar-refractivity contribution in [2.45, 2.75) is 6.17 Å². The molecule has 1 aliphatic heterocycles. The van der Waals surface area contributed by atoms with E-state index in [1.54, 1.807) is 19.1 Å². The van der Waals surface area contributed by atoms with E-state index < -0.39 is 6.17 Å². The molecule has 1 N–H and O–H groups in total. The smallest absolute Gasteiger partial charge is 0.262 e. The second kappa shape index (κ2) is 7.56. The number of carbonyl (C=O) groups excluding carboxylic acids is 1. The maximum Gasteiger partial charge on any atom is 0.262 e. The number of halogens is 1. The molecule has 0 fully saturated rings. The van der Waals surface area contributed by atoms with E-state index in [1.807, 2.05) is 66.7 Å². The molecule has 1 atom stereocenters. The fourth-order valence-electron chi connectivity index (χ4n) is 3.40. The van der Waals surface area contributed by atoms with Gasteiger partial charge in [0.1, 0.15) is 6.17 Å². The Morgan fingerprint density at radius 1 is 0.929 bits per heavy atom. The van der Waals surface area contributed by atoms with Crippen molar-refractivity contribution in [3.63, 3.8) is 0 Å². The quantitative estimate of drug-likeness (QED) is 0.605. The molecule has 6 heteroatoms. The van der Waals surface area contributed by atoms with Crippen molar-refractivity contribution < 1.29 is 14.3 Å². The minimum absolute atomic E-state index is 0.0627. The van der Waals surface area contributed by atoms with Crippen LogP contribution in [0.3, 0.4) is 0 Å². The molecule has 0 aromatic heterocycles. The van der Waals surface area contributed by atoms with Gasteiger partial charge in [-0.25, -0.2) is 0 Å². The van der Waals surface area contributed by atoms with Gasteiger partial charge in [0.2, 0.25) is 0 Å². The number of anilines is 2. The van der Waals surface area contributed by atoms with E-state index in [9.17, 15) is 4.79 Å². The van der Waals surface area contributed by atoms with Gasteiger partial charge in [-0.05, 0) is 48.0 Å². The topological polar surface area (TPSA) is 50.8 Å². The molecule has 1 aliphatic rings. The van der Waals surface area contributed by atoms with Crippen molar-refractivity contribution in [2.24, 2.45) is 0 Å². The minimum Gasteiger partial charge on any atom is -0.493 e. The number of carbonyl (C=O) groups is 1. The summed E-state index contributed by atoms with van der Waals surface area (Å²) in [5, 5.41) is 3.49. The average Bonchev–Trinajstić information content (AvgIpc) is 2.73. The maximum absolute atomic E-state index is 13.4. The lowest BCUT2D eigenvalue weighted by Crippen LogP contribution is -2.43. The molecule has 3 aromatic carbocycles. The second-order valence-electron chi connectivity index (χ2n) is 6.36. The summed E-state index contributed by atoms with van der Waals surface area (Å²) in [5.74, 6) is 1.19. The van der Waals surface area contributed by atoms with Crippen molar-refractivity contribution >= 4 is 33.2 Å². The molecular formula is C22H19BrN2O3. The molecule has 5 nitrogen and oxygen atoms in total. The lowest BCUT2D eigenvalue weighted by molar-refractivity contribution is 0.0975. The number of amides is 1. The van der Waals surface area contributed by atoms with Crippen LogP contribution in [0.2, 0.25) is 0 Å². The molecule has 4 rings (SSSR count). The van der Waals surface area contributed by atoms with Crippen LogP contribution in [0.1, 0.15) is 22.1 Å². The van der Waals surface area contributed by atoms with Crippen molar-refractivity contribution in [2.75, 3.05) is 24.4 Å². The normalized spacial score (nSPS) is 15.6. The minimum atomic E-state index is -0.392. The Bertz CT molecular complexity index is 1040. The van der Waals surface area contributed by atoms with Crippen LogP contribution in [0.4, 0.5) is 11.4 Å². The third-order valence-corrected chi connectivity index (χ3v) is 5.23. The third-order valence-electron chi connectivity index (χ3n) is 4.74. The summed E-state index contributed by atoms with van der Waals surface area (Å²) < 4.78 is 11.7. The summed E-state index contributed by atoms with van der Waals surface area (Å²) in [7, 11) is 3.20. The Morgan fingerprint density at radius 3 is 2.46 bits per heavy atom. The SMILES string of the molecule is COc1ccc(C2Nc3ccccc3C(=O)N2c2cccc(Br)c2)cc1OC. The number of para-hydroxylation sites is 1. The number of nitrogens with one attached hydrogen (secondary N) is 1. The maximum atomic E-state index is 13.4. The second-order valence-corrected chi connectivity index (χ2v) is 7.28. The van der Waals surface area contributed by atoms with Crippen molar-refractivity contribution in [1.29, 1.82) is 0 Å². The first kappa shape index (κ1) is 18.4. The van der Waals surface area contributed by atoms with E-state index in [1.165, 1.54) is 0 Å². The predicted octanol–water partition coefficient (Wildman–Crippen LogP) is 5.24. The van der Waals surface area contributed by atoms with Gasteiger partial charge in [-0.1, -0.05) is 40.2 Å². The molecule has 0 saturated carbocycles. The summed E-state index contributed by atoms with van der Waals surface area (Å²) >= 11 is 3.50. The number of methoxy groups -OCH3 is 2. The number of ether oxygens (including phenoxy) is 2. The molecule has 0 saturated heterocycles. The van der Waals surface area contributed by atoms with Gasteiger partial charge >= 0.3 is 0 Å². The summed E-state index contributed by atoms with van der Waals surface area (Å²) in [6.45, 7) is 0. The van der Waals surface area contributed by atoms with E-state index in [-0.39, 0.29) is 5.91 Å². The number of nitrogens with zero attached hydrogens (tertiary/aromatic N) is 1. The first-order valence-corrected chi connectivity index (χ1v) is 9.58. The number of hydrogen-bond donors (Lipinski definition) is 1. The molecule has 28 heavy (non-hydrogen) atoms. The highest BCUT2D eigenvalue weighted by Gasteiger charge is 2.34. The van der Waals surface area contributed by atoms with Gasteiger partial charge in [-0.15, -0.1) is 0 Å². The standard InChI is InChI=1S/C22H19BrN2O3/c1-27-19-11-10-14(12-20(19)28-2)21-24-18-9-4-3-8-17(18)22(26)25(21)16-7-5-6-15(23)13-16/h3-13,21,24H,1-2H3. The van der Waals surface area contributed by atoms with Crippen LogP contribution < -0.4 is 19.7 Å². The van der Waals surface area contributed by atoms with Gasteiger partial charge in [0.25, 0.3) is 5.91 Å². The first-order chi connectivity index (χ1) is 13.6. The van der Waals surface area contributed by atoms with Crippen LogP contribution in [0.25, 0.3) is 0 Å². The van der Waals surface area contributed by atoms with Crippen LogP contribution >= 0.6 is 15.9 Å². The molecule has 0 bridgehead atoms. The van der Waals surface area contributed by atoms with E-state index in [0.717, 1.165) is 21.4 Å². The number of rotatable bonds is 4. The molecule has 142 valence electrons. The third kappa shape index (κ3) is 3.20. The molecule has 0 radical (unpaired) electrons. The van der Waals surface area contributed by atoms with E-state index >= 15 is 0 Å². The summed E-state index contributed by atoms with van der Waals surface area (Å²) in [6.07, 6.45) is -0.392. The Balaban J connectivity index is 1.86. The number of benzene rings is 3. The molecule has 1 amide bonds. The zero-order chi connectivity index (χ0) is 19.7. The fraction of sp³-hybridized carbons (Fsp3) is 0.136. The van der Waals surface area contributed by atoms with Crippen LogP contribution in [0.5, 0.6) is 11.5 Å². The number of fused-ring (bicyclic) bond motifs is 1. The molecular weight excluding hydrogens is 420 g/mol. The fourth-order valence-corrected chi connectivity index (χ4v) is 3.79. The van der Waals surface area contributed by atoms with E-state index in [2.05, 4.69) is 21.2 Å². The molecule has 0 aliphatic carbocycles. The van der Waals surface area contributed by atoms with Crippen LogP contribution in [-0.4, -0.2) is 20.1 Å². The largest absolute Gasteiger partial charge is 0.493 e.